The summed E-state index contributed by atoms with van der Waals surface area (Å²) in [7, 11) is -4.49. The van der Waals surface area contributed by atoms with Crippen LogP contribution in [0.1, 0.15) is 19.4 Å². The number of hydrogen-bond donors (Lipinski definition) is 0. The Morgan fingerprint density at radius 1 is 0.925 bits per heavy atom. The van der Waals surface area contributed by atoms with Crippen molar-refractivity contribution in [2.75, 3.05) is 12.9 Å². The molecular formula is C31H36N4O3SSi. The first-order valence-electron chi connectivity index (χ1n) is 13.4. The average Bonchev–Trinajstić information content (AvgIpc) is 3.31. The maximum Gasteiger partial charge on any atom is 0.161 e. The van der Waals surface area contributed by atoms with E-state index in [1.54, 1.807) is 26.4 Å². The zero-order chi connectivity index (χ0) is 28.7. The van der Waals surface area contributed by atoms with Crippen LogP contribution in [0.3, 0.4) is 0 Å². The lowest BCUT2D eigenvalue weighted by molar-refractivity contribution is 0.0895. The first-order chi connectivity index (χ1) is 18.8. The van der Waals surface area contributed by atoms with Crippen molar-refractivity contribution < 1.29 is 13.2 Å². The van der Waals surface area contributed by atoms with E-state index in [1.165, 1.54) is 6.26 Å². The van der Waals surface area contributed by atoms with Crippen molar-refractivity contribution in [1.29, 1.82) is 0 Å². The van der Waals surface area contributed by atoms with E-state index < -0.39 is 22.7 Å². The van der Waals surface area contributed by atoms with Crippen LogP contribution >= 0.6 is 0 Å². The molecule has 2 aromatic carbocycles. The number of sulfone groups is 1. The summed E-state index contributed by atoms with van der Waals surface area (Å²) >= 11 is 0. The summed E-state index contributed by atoms with van der Waals surface area (Å²) in [5.41, 5.74) is 6.94. The highest BCUT2D eigenvalue weighted by Gasteiger charge is 2.33. The summed E-state index contributed by atoms with van der Waals surface area (Å²) in [6.45, 7) is 11.7. The number of nitrogens with zero attached hydrogens (tertiary/aromatic N) is 4. The third-order valence-electron chi connectivity index (χ3n) is 7.52. The van der Waals surface area contributed by atoms with Gasteiger partial charge in [0.2, 0.25) is 0 Å². The van der Waals surface area contributed by atoms with Crippen LogP contribution in [0, 0.1) is 0 Å². The lowest BCUT2D eigenvalue weighted by atomic mass is 9.92. The molecule has 0 aliphatic carbocycles. The third kappa shape index (κ3) is 5.72. The van der Waals surface area contributed by atoms with Gasteiger partial charge in [0.15, 0.2) is 15.5 Å². The predicted molar refractivity (Wildman–Crippen MR) is 166 cm³/mol. The van der Waals surface area contributed by atoms with E-state index in [4.69, 9.17) is 9.72 Å². The molecule has 0 bridgehead atoms. The standard InChI is InChI=1S/C31H36N4O3SSi/c1-31(2,39(3,36)37)26-16-24-11-8-12-32-29(24)27(18-26)23-10-7-9-22(15-23)25-17-28-30(33-19-25)35(20-34-28)21-38-13-14-40(4,5)6/h7-12,15-20H,13-14,21H2,1-6H3. The number of aromatic nitrogens is 4. The third-order valence-corrected chi connectivity index (χ3v) is 11.3. The second kappa shape index (κ2) is 10.5. The van der Waals surface area contributed by atoms with Crippen molar-refractivity contribution in [3.05, 3.63) is 78.9 Å². The first-order valence-corrected chi connectivity index (χ1v) is 19.0. The number of rotatable bonds is 9. The molecule has 0 aliphatic heterocycles. The van der Waals surface area contributed by atoms with Crippen molar-refractivity contribution in [1.82, 2.24) is 19.5 Å². The number of hydrogen-bond acceptors (Lipinski definition) is 6. The van der Waals surface area contributed by atoms with Crippen molar-refractivity contribution in [2.24, 2.45) is 0 Å². The topological polar surface area (TPSA) is 87.0 Å². The van der Waals surface area contributed by atoms with Gasteiger partial charge in [0.1, 0.15) is 12.2 Å². The van der Waals surface area contributed by atoms with Gasteiger partial charge in [0.05, 0.1) is 16.6 Å². The highest BCUT2D eigenvalue weighted by Crippen LogP contribution is 2.37. The van der Waals surface area contributed by atoms with Crippen molar-refractivity contribution in [3.63, 3.8) is 0 Å². The Morgan fingerprint density at radius 2 is 1.70 bits per heavy atom. The van der Waals surface area contributed by atoms with Gasteiger partial charge in [-0.2, -0.15) is 0 Å². The van der Waals surface area contributed by atoms with Gasteiger partial charge in [-0.25, -0.2) is 18.4 Å². The highest BCUT2D eigenvalue weighted by atomic mass is 32.2. The molecule has 0 saturated carbocycles. The Labute approximate surface area is 237 Å². The van der Waals surface area contributed by atoms with Crippen molar-refractivity contribution in [3.8, 4) is 22.3 Å². The normalized spacial score (nSPS) is 12.8. The minimum absolute atomic E-state index is 0.434. The molecular weight excluding hydrogens is 537 g/mol. The molecule has 5 rings (SSSR count). The lowest BCUT2D eigenvalue weighted by Crippen LogP contribution is -2.28. The van der Waals surface area contributed by atoms with Gasteiger partial charge in [-0.1, -0.05) is 43.9 Å². The van der Waals surface area contributed by atoms with Gasteiger partial charge in [0.25, 0.3) is 0 Å². The first kappa shape index (κ1) is 28.1. The maximum atomic E-state index is 12.7. The van der Waals surface area contributed by atoms with Gasteiger partial charge in [-0.05, 0) is 66.9 Å². The minimum atomic E-state index is -3.35. The summed E-state index contributed by atoms with van der Waals surface area (Å²) in [6.07, 6.45) is 6.69. The fraction of sp³-hybridized carbons (Fsp3) is 0.323. The Morgan fingerprint density at radius 3 is 2.45 bits per heavy atom. The second-order valence-corrected chi connectivity index (χ2v) is 20.3. The zero-order valence-electron chi connectivity index (χ0n) is 24.0. The molecule has 40 heavy (non-hydrogen) atoms. The smallest absolute Gasteiger partial charge is 0.161 e. The molecule has 0 amide bonds. The van der Waals surface area contributed by atoms with Crippen molar-refractivity contribution in [2.45, 2.75) is 51.0 Å². The van der Waals surface area contributed by atoms with E-state index >= 15 is 0 Å². The zero-order valence-corrected chi connectivity index (χ0v) is 25.8. The Hall–Kier alpha value is -3.40. The largest absolute Gasteiger partial charge is 0.361 e. The van der Waals surface area contributed by atoms with Gasteiger partial charge >= 0.3 is 0 Å². The molecule has 9 heteroatoms. The van der Waals surface area contributed by atoms with E-state index in [0.29, 0.717) is 6.73 Å². The Bertz CT molecular complexity index is 1810. The van der Waals surface area contributed by atoms with Crippen LogP contribution in [0.25, 0.3) is 44.3 Å². The number of pyridine rings is 2. The lowest BCUT2D eigenvalue weighted by Gasteiger charge is -2.24. The summed E-state index contributed by atoms with van der Waals surface area (Å²) in [5, 5.41) is 0.901. The van der Waals surface area contributed by atoms with Crippen LogP contribution in [0.2, 0.25) is 25.7 Å². The van der Waals surface area contributed by atoms with Crippen LogP contribution in [-0.2, 0) is 26.1 Å². The molecule has 0 aliphatic rings. The molecule has 7 nitrogen and oxygen atoms in total. The number of fused-ring (bicyclic) bond motifs is 2. The monoisotopic (exact) mass is 572 g/mol. The van der Waals surface area contributed by atoms with E-state index in [0.717, 1.165) is 62.5 Å². The molecule has 0 radical (unpaired) electrons. The van der Waals surface area contributed by atoms with Crippen LogP contribution in [0.4, 0.5) is 0 Å². The molecule has 0 unspecified atom stereocenters. The maximum absolute atomic E-state index is 12.7. The summed E-state index contributed by atoms with van der Waals surface area (Å²) in [5.74, 6) is 0. The SMILES string of the molecule is CC(C)(c1cc(-c2cccc(-c3cnc4c(c3)ncn4COCC[Si](C)(C)C)c2)c2ncccc2c1)S(C)(=O)=O. The van der Waals surface area contributed by atoms with E-state index in [-0.39, 0.29) is 0 Å². The predicted octanol–water partition coefficient (Wildman–Crippen LogP) is 6.91. The number of ether oxygens (including phenoxy) is 1. The molecule has 0 saturated heterocycles. The number of imidazole rings is 1. The number of benzene rings is 2. The summed E-state index contributed by atoms with van der Waals surface area (Å²) in [6, 6.07) is 19.1. The van der Waals surface area contributed by atoms with E-state index in [1.807, 2.05) is 59.3 Å². The highest BCUT2D eigenvalue weighted by molar-refractivity contribution is 7.91. The minimum Gasteiger partial charge on any atom is -0.361 e. The van der Waals surface area contributed by atoms with Crippen LogP contribution in [-0.4, -0.2) is 48.9 Å². The molecule has 5 aromatic rings. The van der Waals surface area contributed by atoms with E-state index in [2.05, 4.69) is 35.7 Å². The second-order valence-electron chi connectivity index (χ2n) is 12.1. The average molecular weight is 573 g/mol. The molecule has 3 aromatic heterocycles. The van der Waals surface area contributed by atoms with Gasteiger partial charge in [0, 0.05) is 49.8 Å². The summed E-state index contributed by atoms with van der Waals surface area (Å²) in [4.78, 5) is 13.9. The molecule has 208 valence electrons. The van der Waals surface area contributed by atoms with Gasteiger partial charge in [-0.3, -0.25) is 9.55 Å². The van der Waals surface area contributed by atoms with Gasteiger partial charge < -0.3 is 4.74 Å². The fourth-order valence-corrected chi connectivity index (χ4v) is 5.89. The van der Waals surface area contributed by atoms with Crippen LogP contribution in [0.5, 0.6) is 0 Å². The van der Waals surface area contributed by atoms with E-state index in [9.17, 15) is 8.42 Å². The molecule has 0 fully saturated rings. The van der Waals surface area contributed by atoms with Gasteiger partial charge in [-0.15, -0.1) is 0 Å². The molecule has 0 atom stereocenters. The molecule has 0 N–H and O–H groups in total. The molecule has 0 spiro atoms. The molecule has 3 heterocycles. The quantitative estimate of drug-likeness (QED) is 0.141. The summed E-state index contributed by atoms with van der Waals surface area (Å²) < 4.78 is 32.1. The van der Waals surface area contributed by atoms with Crippen molar-refractivity contribution >= 4 is 40.0 Å². The Kier molecular flexibility index (Phi) is 7.41. The Balaban J connectivity index is 1.50. The van der Waals surface area contributed by atoms with Crippen LogP contribution in [0.15, 0.2) is 73.3 Å². The fourth-order valence-electron chi connectivity index (χ4n) is 4.58. The van der Waals surface area contributed by atoms with Crippen LogP contribution < -0.4 is 0 Å².